The Hall–Kier alpha value is -2.06. The zero-order chi connectivity index (χ0) is 20.4. The minimum absolute atomic E-state index is 0.294. The zero-order valence-corrected chi connectivity index (χ0v) is 16.8. The Morgan fingerprint density at radius 1 is 0.926 bits per heavy atom. The topological polar surface area (TPSA) is 30.9 Å². The molecule has 0 atom stereocenters. The van der Waals surface area contributed by atoms with Gasteiger partial charge < -0.3 is 18.6 Å². The van der Waals surface area contributed by atoms with Crippen molar-refractivity contribution in [2.24, 2.45) is 0 Å². The molecule has 150 valence electrons. The van der Waals surface area contributed by atoms with E-state index in [1.54, 1.807) is 12.1 Å². The molecule has 0 aliphatic heterocycles. The second kappa shape index (κ2) is 10.9. The van der Waals surface area contributed by atoms with Gasteiger partial charge in [-0.1, -0.05) is 13.8 Å². The van der Waals surface area contributed by atoms with Gasteiger partial charge in [0.05, 0.1) is 12.0 Å². The summed E-state index contributed by atoms with van der Waals surface area (Å²) in [6, 6.07) is 10.7. The van der Waals surface area contributed by atoms with E-state index >= 15 is 0 Å². The largest absolute Gasteiger partial charge is 0.573 e. The van der Waals surface area contributed by atoms with E-state index in [0.29, 0.717) is 23.8 Å². The molecule has 0 spiro atoms. The quantitative estimate of drug-likeness (QED) is 0.520. The van der Waals surface area contributed by atoms with Crippen molar-refractivity contribution in [1.82, 2.24) is 4.90 Å². The van der Waals surface area contributed by atoms with Crippen LogP contribution in [0.3, 0.4) is 0 Å². The minimum atomic E-state index is -4.71. The van der Waals surface area contributed by atoms with Crippen LogP contribution in [0.15, 0.2) is 42.5 Å². The van der Waals surface area contributed by atoms with Gasteiger partial charge in [-0.2, -0.15) is 0 Å². The van der Waals surface area contributed by atoms with Crippen molar-refractivity contribution in [2.75, 3.05) is 20.4 Å². The summed E-state index contributed by atoms with van der Waals surface area (Å²) in [6.07, 6.45) is -2.89. The zero-order valence-electron chi connectivity index (χ0n) is 16.0. The molecule has 27 heavy (non-hydrogen) atoms. The van der Waals surface area contributed by atoms with E-state index in [-0.39, 0.29) is 5.75 Å². The molecule has 0 aliphatic rings. The van der Waals surface area contributed by atoms with Crippen LogP contribution in [0, 0.1) is 0 Å². The molecular weight excluding hydrogens is 379 g/mol. The Balaban J connectivity index is 0.00000176. The van der Waals surface area contributed by atoms with Crippen LogP contribution in [0.4, 0.5) is 13.2 Å². The first-order valence-corrected chi connectivity index (χ1v) is 9.44. The van der Waals surface area contributed by atoms with Crippen molar-refractivity contribution in [2.45, 2.75) is 26.8 Å². The van der Waals surface area contributed by atoms with E-state index in [2.05, 4.69) is 4.74 Å². The number of nitrogens with zero attached hydrogens (tertiary/aromatic N) is 1. The highest BCUT2D eigenvalue weighted by atomic mass is 32.2. The van der Waals surface area contributed by atoms with Gasteiger partial charge in [0.15, 0.2) is 0 Å². The summed E-state index contributed by atoms with van der Waals surface area (Å²) < 4.78 is 51.6. The average Bonchev–Trinajstić information content (AvgIpc) is 2.59. The predicted octanol–water partition coefficient (Wildman–Crippen LogP) is 6.12. The lowest BCUT2D eigenvalue weighted by Crippen LogP contribution is -2.16. The Morgan fingerprint density at radius 2 is 1.48 bits per heavy atom. The second-order valence-corrected chi connectivity index (χ2v) is 5.88. The van der Waals surface area contributed by atoms with Crippen molar-refractivity contribution < 1.29 is 26.8 Å². The maximum atomic E-state index is 12.2. The third-order valence-electron chi connectivity index (χ3n) is 2.98. The van der Waals surface area contributed by atoms with E-state index in [1.165, 1.54) is 36.3 Å². The molecule has 0 bridgehead atoms. The third kappa shape index (κ3) is 8.45. The fraction of sp³-hybridized carbons (Fsp3) is 0.368. The van der Waals surface area contributed by atoms with Gasteiger partial charge in [0.1, 0.15) is 23.0 Å². The van der Waals surface area contributed by atoms with Crippen molar-refractivity contribution in [3.63, 3.8) is 0 Å². The monoisotopic (exact) mass is 403 g/mol. The molecule has 0 unspecified atom stereocenters. The summed E-state index contributed by atoms with van der Waals surface area (Å²) >= 11 is 1.24. The fourth-order valence-corrected chi connectivity index (χ4v) is 2.40. The Morgan fingerprint density at radius 3 is 2.00 bits per heavy atom. The van der Waals surface area contributed by atoms with E-state index < -0.39 is 6.36 Å². The molecule has 0 saturated heterocycles. The van der Waals surface area contributed by atoms with Gasteiger partial charge in [-0.05, 0) is 56.6 Å². The van der Waals surface area contributed by atoms with Crippen LogP contribution < -0.4 is 13.7 Å². The van der Waals surface area contributed by atoms with Gasteiger partial charge in [-0.15, -0.1) is 13.2 Å². The van der Waals surface area contributed by atoms with Gasteiger partial charge in [0.2, 0.25) is 0 Å². The molecule has 2 aromatic carbocycles. The molecular formula is C19H24F3NO3S. The highest BCUT2D eigenvalue weighted by Crippen LogP contribution is 2.32. The van der Waals surface area contributed by atoms with Crippen molar-refractivity contribution in [3.05, 3.63) is 48.0 Å². The van der Waals surface area contributed by atoms with Crippen LogP contribution in [0.5, 0.6) is 23.0 Å². The maximum Gasteiger partial charge on any atom is 0.573 e. The van der Waals surface area contributed by atoms with Gasteiger partial charge in [-0.3, -0.25) is 0 Å². The molecule has 0 aromatic heterocycles. The highest BCUT2D eigenvalue weighted by molar-refractivity contribution is 7.94. The Labute approximate surface area is 162 Å². The molecule has 8 heteroatoms. The summed E-state index contributed by atoms with van der Waals surface area (Å²) in [6.45, 7) is 4.62. The van der Waals surface area contributed by atoms with Crippen LogP contribution in [0.1, 0.15) is 19.4 Å². The van der Waals surface area contributed by atoms with Crippen LogP contribution in [0.2, 0.25) is 0 Å². The van der Waals surface area contributed by atoms with E-state index in [0.717, 1.165) is 5.56 Å². The van der Waals surface area contributed by atoms with Crippen molar-refractivity contribution in [3.8, 4) is 23.0 Å². The van der Waals surface area contributed by atoms with E-state index in [4.69, 9.17) is 8.92 Å². The minimum Gasteiger partial charge on any atom is -0.457 e. The smallest absolute Gasteiger partial charge is 0.457 e. The average molecular weight is 403 g/mol. The molecule has 4 nitrogen and oxygen atoms in total. The van der Waals surface area contributed by atoms with Crippen LogP contribution in [-0.2, 0) is 6.54 Å². The van der Waals surface area contributed by atoms with Gasteiger partial charge in [0, 0.05) is 18.4 Å². The molecule has 0 radical (unpaired) electrons. The van der Waals surface area contributed by atoms with Crippen LogP contribution in [-0.4, -0.2) is 31.6 Å². The summed E-state index contributed by atoms with van der Waals surface area (Å²) in [5.74, 6) is 1.42. The Bertz CT molecular complexity index is 692. The van der Waals surface area contributed by atoms with Gasteiger partial charge in [-0.25, -0.2) is 0 Å². The van der Waals surface area contributed by atoms with Crippen molar-refractivity contribution >= 4 is 12.0 Å². The number of alkyl halides is 3. The van der Waals surface area contributed by atoms with Gasteiger partial charge in [0.25, 0.3) is 0 Å². The number of ether oxygens (including phenoxy) is 2. The number of halogens is 3. The number of hydrogen-bond donors (Lipinski definition) is 0. The summed E-state index contributed by atoms with van der Waals surface area (Å²) in [7, 11) is 3.85. The first-order chi connectivity index (χ1) is 12.8. The SMILES string of the molecule is CC.CSOc1ccc(Oc2ccc(OC(F)(F)F)cc2)c(CN(C)C)c1. The maximum absolute atomic E-state index is 12.2. The molecule has 0 N–H and O–H groups in total. The summed E-state index contributed by atoms with van der Waals surface area (Å²) in [5.41, 5.74) is 0.896. The molecule has 2 rings (SSSR count). The first kappa shape index (κ1) is 23.0. The molecule has 0 amide bonds. The first-order valence-electron chi connectivity index (χ1n) is 8.29. The lowest BCUT2D eigenvalue weighted by molar-refractivity contribution is -0.274. The molecule has 0 fully saturated rings. The number of hydrogen-bond acceptors (Lipinski definition) is 5. The molecule has 0 aliphatic carbocycles. The van der Waals surface area contributed by atoms with Gasteiger partial charge >= 0.3 is 6.36 Å². The summed E-state index contributed by atoms with van der Waals surface area (Å²) in [4.78, 5) is 1.98. The lowest BCUT2D eigenvalue weighted by atomic mass is 10.2. The third-order valence-corrected chi connectivity index (χ3v) is 3.34. The van der Waals surface area contributed by atoms with E-state index in [1.807, 2.05) is 45.2 Å². The molecule has 0 saturated carbocycles. The lowest BCUT2D eigenvalue weighted by Gasteiger charge is -2.16. The standard InChI is InChI=1S/C17H18F3NO3S.C2H6/c1-21(2)11-12-10-15(24-25-3)8-9-16(12)22-13-4-6-14(7-5-13)23-17(18,19)20;1-2/h4-10H,11H2,1-3H3;1-2H3. The fourth-order valence-electron chi connectivity index (χ4n) is 2.10. The Kier molecular flexibility index (Phi) is 9.31. The van der Waals surface area contributed by atoms with E-state index in [9.17, 15) is 13.2 Å². The normalized spacial score (nSPS) is 10.9. The number of rotatable bonds is 7. The second-order valence-electron chi connectivity index (χ2n) is 5.38. The molecule has 2 aromatic rings. The molecule has 0 heterocycles. The van der Waals surface area contributed by atoms with Crippen LogP contribution >= 0.6 is 12.0 Å². The predicted molar refractivity (Wildman–Crippen MR) is 103 cm³/mol. The number of benzene rings is 2. The van der Waals surface area contributed by atoms with Crippen molar-refractivity contribution in [1.29, 1.82) is 0 Å². The summed E-state index contributed by atoms with van der Waals surface area (Å²) in [5, 5.41) is 0. The van der Waals surface area contributed by atoms with Crippen LogP contribution in [0.25, 0.3) is 0 Å². The highest BCUT2D eigenvalue weighted by Gasteiger charge is 2.31.